The summed E-state index contributed by atoms with van der Waals surface area (Å²) in [5, 5.41) is 2.10. The number of aryl methyl sites for hydroxylation is 2. The summed E-state index contributed by atoms with van der Waals surface area (Å²) in [5.74, 6) is 0. The Kier molecular flexibility index (Phi) is 2.30. The lowest BCUT2D eigenvalue weighted by Crippen LogP contribution is -1.90. The fourth-order valence-corrected chi connectivity index (χ4v) is 2.51. The lowest BCUT2D eigenvalue weighted by Gasteiger charge is -2.05. The molecule has 0 unspecified atom stereocenters. The second kappa shape index (κ2) is 3.46. The van der Waals surface area contributed by atoms with E-state index in [9.17, 15) is 0 Å². The smallest absolute Gasteiger partial charge is 0.0404 e. The van der Waals surface area contributed by atoms with Crippen LogP contribution in [-0.4, -0.2) is 0 Å². The molecule has 0 saturated carbocycles. The van der Waals surface area contributed by atoms with E-state index in [1.807, 2.05) is 6.07 Å². The highest BCUT2D eigenvalue weighted by atomic mass is 32.1. The van der Waals surface area contributed by atoms with Gasteiger partial charge >= 0.3 is 0 Å². The second-order valence-corrected chi connectivity index (χ2v) is 4.44. The molecule has 1 aromatic carbocycles. The average molecular weight is 203 g/mol. The Balaban J connectivity index is 2.58. The molecular weight excluding hydrogens is 190 g/mol. The largest absolute Gasteiger partial charge is 0.398 e. The molecule has 0 spiro atoms. The molecule has 0 amide bonds. The first-order valence-corrected chi connectivity index (χ1v) is 5.47. The van der Waals surface area contributed by atoms with Gasteiger partial charge in [0, 0.05) is 16.1 Å². The van der Waals surface area contributed by atoms with Gasteiger partial charge in [-0.1, -0.05) is 12.1 Å². The molecule has 0 saturated heterocycles. The minimum Gasteiger partial charge on any atom is -0.398 e. The Hall–Kier alpha value is -1.28. The molecule has 72 valence electrons. The van der Waals surface area contributed by atoms with Gasteiger partial charge in [-0.15, -0.1) is 11.3 Å². The van der Waals surface area contributed by atoms with Crippen LogP contribution < -0.4 is 5.73 Å². The Labute approximate surface area is 88.2 Å². The number of hydrogen-bond acceptors (Lipinski definition) is 2. The van der Waals surface area contributed by atoms with Gasteiger partial charge in [0.2, 0.25) is 0 Å². The molecular formula is C12H13NS. The molecule has 0 radical (unpaired) electrons. The third-order valence-electron chi connectivity index (χ3n) is 2.31. The van der Waals surface area contributed by atoms with Crippen molar-refractivity contribution in [3.05, 3.63) is 40.8 Å². The van der Waals surface area contributed by atoms with Gasteiger partial charge in [-0.2, -0.15) is 0 Å². The summed E-state index contributed by atoms with van der Waals surface area (Å²) in [6.45, 7) is 4.17. The number of benzene rings is 1. The molecule has 0 aliphatic carbocycles. The second-order valence-electron chi connectivity index (χ2n) is 3.52. The first-order valence-electron chi connectivity index (χ1n) is 4.59. The normalized spacial score (nSPS) is 10.4. The fraction of sp³-hybridized carbons (Fsp3) is 0.167. The van der Waals surface area contributed by atoms with Gasteiger partial charge in [-0.25, -0.2) is 0 Å². The Bertz CT molecular complexity index is 457. The van der Waals surface area contributed by atoms with Crippen LogP contribution in [0.5, 0.6) is 0 Å². The fourth-order valence-electron chi connectivity index (χ4n) is 1.54. The van der Waals surface area contributed by atoms with Gasteiger partial charge in [-0.05, 0) is 42.5 Å². The lowest BCUT2D eigenvalue weighted by atomic mass is 10.1. The van der Waals surface area contributed by atoms with Crippen LogP contribution in [0.3, 0.4) is 0 Å². The molecule has 1 nitrogen and oxygen atoms in total. The molecule has 0 aliphatic heterocycles. The third kappa shape index (κ3) is 1.53. The van der Waals surface area contributed by atoms with Crippen molar-refractivity contribution in [2.75, 3.05) is 5.73 Å². The maximum Gasteiger partial charge on any atom is 0.0404 e. The van der Waals surface area contributed by atoms with Crippen molar-refractivity contribution in [1.29, 1.82) is 0 Å². The molecule has 2 N–H and O–H groups in total. The van der Waals surface area contributed by atoms with Gasteiger partial charge in [0.25, 0.3) is 0 Å². The molecule has 0 atom stereocenters. The first-order chi connectivity index (χ1) is 6.68. The SMILES string of the molecule is Cc1ccc(-c2sccc2C)c(N)c1. The van der Waals surface area contributed by atoms with E-state index in [0.717, 1.165) is 11.3 Å². The lowest BCUT2D eigenvalue weighted by molar-refractivity contribution is 1.46. The Morgan fingerprint density at radius 1 is 1.14 bits per heavy atom. The van der Waals surface area contributed by atoms with Gasteiger partial charge < -0.3 is 5.73 Å². The highest BCUT2D eigenvalue weighted by Crippen LogP contribution is 2.33. The van der Waals surface area contributed by atoms with Crippen molar-refractivity contribution in [1.82, 2.24) is 0 Å². The highest BCUT2D eigenvalue weighted by Gasteiger charge is 2.06. The zero-order valence-corrected chi connectivity index (χ0v) is 9.19. The number of anilines is 1. The maximum absolute atomic E-state index is 5.99. The van der Waals surface area contributed by atoms with Crippen LogP contribution in [0.25, 0.3) is 10.4 Å². The highest BCUT2D eigenvalue weighted by molar-refractivity contribution is 7.13. The van der Waals surface area contributed by atoms with E-state index in [4.69, 9.17) is 5.73 Å². The molecule has 1 heterocycles. The van der Waals surface area contributed by atoms with Gasteiger partial charge in [0.05, 0.1) is 0 Å². The number of hydrogen-bond donors (Lipinski definition) is 1. The minimum absolute atomic E-state index is 0.871. The molecule has 2 rings (SSSR count). The summed E-state index contributed by atoms with van der Waals surface area (Å²) in [5.41, 5.74) is 10.5. The monoisotopic (exact) mass is 203 g/mol. The van der Waals surface area contributed by atoms with E-state index in [0.29, 0.717) is 0 Å². The predicted molar refractivity (Wildman–Crippen MR) is 63.6 cm³/mol. The van der Waals surface area contributed by atoms with Crippen LogP contribution in [0, 0.1) is 13.8 Å². The summed E-state index contributed by atoms with van der Waals surface area (Å²) in [7, 11) is 0. The molecule has 1 aromatic heterocycles. The zero-order chi connectivity index (χ0) is 10.1. The van der Waals surface area contributed by atoms with E-state index >= 15 is 0 Å². The summed E-state index contributed by atoms with van der Waals surface area (Å²) in [6, 6.07) is 8.35. The summed E-state index contributed by atoms with van der Waals surface area (Å²) >= 11 is 1.74. The predicted octanol–water partition coefficient (Wildman–Crippen LogP) is 3.61. The quantitative estimate of drug-likeness (QED) is 0.704. The summed E-state index contributed by atoms with van der Waals surface area (Å²) < 4.78 is 0. The minimum atomic E-state index is 0.871. The molecule has 0 bridgehead atoms. The molecule has 0 aliphatic rings. The van der Waals surface area contributed by atoms with Crippen molar-refractivity contribution in [2.24, 2.45) is 0 Å². The van der Waals surface area contributed by atoms with Crippen molar-refractivity contribution in [3.63, 3.8) is 0 Å². The number of thiophene rings is 1. The van der Waals surface area contributed by atoms with E-state index in [-0.39, 0.29) is 0 Å². The molecule has 0 fully saturated rings. The Morgan fingerprint density at radius 2 is 1.93 bits per heavy atom. The van der Waals surface area contributed by atoms with Crippen molar-refractivity contribution in [3.8, 4) is 10.4 Å². The van der Waals surface area contributed by atoms with Crippen LogP contribution in [0.15, 0.2) is 29.6 Å². The van der Waals surface area contributed by atoms with E-state index in [2.05, 4.69) is 37.4 Å². The van der Waals surface area contributed by atoms with Gasteiger partial charge in [0.15, 0.2) is 0 Å². The number of nitrogen functional groups attached to an aromatic ring is 1. The topological polar surface area (TPSA) is 26.0 Å². The van der Waals surface area contributed by atoms with E-state index in [1.54, 1.807) is 11.3 Å². The number of rotatable bonds is 1. The van der Waals surface area contributed by atoms with Crippen LogP contribution in [0.2, 0.25) is 0 Å². The molecule has 14 heavy (non-hydrogen) atoms. The molecule has 2 heteroatoms. The van der Waals surface area contributed by atoms with Crippen LogP contribution in [-0.2, 0) is 0 Å². The first kappa shape index (κ1) is 9.28. The van der Waals surface area contributed by atoms with Crippen molar-refractivity contribution >= 4 is 17.0 Å². The molecule has 2 aromatic rings. The summed E-state index contributed by atoms with van der Waals surface area (Å²) in [6.07, 6.45) is 0. The zero-order valence-electron chi connectivity index (χ0n) is 8.37. The van der Waals surface area contributed by atoms with E-state index in [1.165, 1.54) is 16.0 Å². The van der Waals surface area contributed by atoms with E-state index < -0.39 is 0 Å². The van der Waals surface area contributed by atoms with Crippen molar-refractivity contribution in [2.45, 2.75) is 13.8 Å². The van der Waals surface area contributed by atoms with Gasteiger partial charge in [0.1, 0.15) is 0 Å². The average Bonchev–Trinajstić information content (AvgIpc) is 2.52. The maximum atomic E-state index is 5.99. The Morgan fingerprint density at radius 3 is 2.50 bits per heavy atom. The number of nitrogens with two attached hydrogens (primary N) is 1. The van der Waals surface area contributed by atoms with Gasteiger partial charge in [-0.3, -0.25) is 0 Å². The third-order valence-corrected chi connectivity index (χ3v) is 3.36. The standard InChI is InChI=1S/C12H13NS/c1-8-3-4-10(11(13)7-8)12-9(2)5-6-14-12/h3-7H,13H2,1-2H3. The van der Waals surface area contributed by atoms with Crippen LogP contribution in [0.1, 0.15) is 11.1 Å². The van der Waals surface area contributed by atoms with Crippen molar-refractivity contribution < 1.29 is 0 Å². The van der Waals surface area contributed by atoms with Crippen LogP contribution in [0.4, 0.5) is 5.69 Å². The summed E-state index contributed by atoms with van der Waals surface area (Å²) in [4.78, 5) is 1.28. The van der Waals surface area contributed by atoms with Crippen LogP contribution >= 0.6 is 11.3 Å².